The third-order valence-corrected chi connectivity index (χ3v) is 5.04. The second-order valence-electron chi connectivity index (χ2n) is 6.94. The minimum atomic E-state index is -3.63. The minimum Gasteiger partial charge on any atom is -0.492 e. The summed E-state index contributed by atoms with van der Waals surface area (Å²) in [6.45, 7) is 6.05. The Morgan fingerprint density at radius 3 is 2.17 bits per heavy atom. The molecule has 0 atom stereocenters. The van der Waals surface area contributed by atoms with E-state index in [1.807, 2.05) is 45.0 Å². The summed E-state index contributed by atoms with van der Waals surface area (Å²) < 4.78 is 36.5. The van der Waals surface area contributed by atoms with Gasteiger partial charge in [0, 0.05) is 0 Å². The number of carbonyl (C=O) groups is 1. The molecule has 0 spiro atoms. The number of aryl methyl sites for hydroxylation is 1. The fourth-order valence-corrected chi connectivity index (χ4v) is 3.40. The quantitative estimate of drug-likeness (QED) is 0.598. The Morgan fingerprint density at radius 1 is 1.03 bits per heavy atom. The maximum atomic E-state index is 12.2. The van der Waals surface area contributed by atoms with Crippen LogP contribution in [0, 0.1) is 6.92 Å². The van der Waals surface area contributed by atoms with E-state index in [-0.39, 0.29) is 25.8 Å². The molecule has 2 aromatic carbocycles. The molecule has 29 heavy (non-hydrogen) atoms. The number of ether oxygens (including phenoxy) is 2. The van der Waals surface area contributed by atoms with Crippen molar-refractivity contribution < 1.29 is 22.7 Å². The number of nitrogens with one attached hydrogen (secondary N) is 1. The van der Waals surface area contributed by atoms with Crippen molar-refractivity contribution in [1.82, 2.24) is 5.32 Å². The van der Waals surface area contributed by atoms with Crippen molar-refractivity contribution >= 4 is 21.6 Å². The summed E-state index contributed by atoms with van der Waals surface area (Å²) in [7, 11) is -3.63. The zero-order valence-corrected chi connectivity index (χ0v) is 18.0. The van der Waals surface area contributed by atoms with Gasteiger partial charge in [-0.3, -0.25) is 9.10 Å². The van der Waals surface area contributed by atoms with E-state index in [0.29, 0.717) is 17.2 Å². The highest BCUT2D eigenvalue weighted by Gasteiger charge is 2.20. The van der Waals surface area contributed by atoms with E-state index in [4.69, 9.17) is 9.47 Å². The van der Waals surface area contributed by atoms with Crippen LogP contribution in [0.4, 0.5) is 5.69 Å². The zero-order chi connectivity index (χ0) is 21.4. The van der Waals surface area contributed by atoms with Crippen LogP contribution in [0.25, 0.3) is 0 Å². The predicted octanol–water partition coefficient (Wildman–Crippen LogP) is 2.74. The molecular weight excluding hydrogens is 392 g/mol. The van der Waals surface area contributed by atoms with Crippen molar-refractivity contribution in [3.05, 3.63) is 54.1 Å². The normalized spacial score (nSPS) is 11.2. The molecule has 0 saturated carbocycles. The van der Waals surface area contributed by atoms with E-state index in [1.54, 1.807) is 24.3 Å². The zero-order valence-electron chi connectivity index (χ0n) is 17.2. The summed E-state index contributed by atoms with van der Waals surface area (Å²) in [5, 5.41) is 2.68. The van der Waals surface area contributed by atoms with Crippen molar-refractivity contribution in [3.63, 3.8) is 0 Å². The largest absolute Gasteiger partial charge is 0.492 e. The lowest BCUT2D eigenvalue weighted by Crippen LogP contribution is -2.41. The highest BCUT2D eigenvalue weighted by molar-refractivity contribution is 7.92. The van der Waals surface area contributed by atoms with Crippen molar-refractivity contribution in [3.8, 4) is 11.5 Å². The van der Waals surface area contributed by atoms with Gasteiger partial charge in [-0.25, -0.2) is 8.42 Å². The lowest BCUT2D eigenvalue weighted by molar-refractivity contribution is -0.119. The average Bonchev–Trinajstić information content (AvgIpc) is 2.64. The summed E-state index contributed by atoms with van der Waals surface area (Å²) in [6.07, 6.45) is 1.08. The molecule has 0 aliphatic rings. The summed E-state index contributed by atoms with van der Waals surface area (Å²) in [6, 6.07) is 14.2. The Bertz CT molecular complexity index is 894. The van der Waals surface area contributed by atoms with Gasteiger partial charge in [0.2, 0.25) is 15.9 Å². The van der Waals surface area contributed by atoms with Crippen molar-refractivity contribution in [2.24, 2.45) is 0 Å². The Morgan fingerprint density at radius 2 is 1.62 bits per heavy atom. The van der Waals surface area contributed by atoms with Crippen LogP contribution in [0.1, 0.15) is 19.4 Å². The summed E-state index contributed by atoms with van der Waals surface area (Å²) in [5.41, 5.74) is 1.53. The lowest BCUT2D eigenvalue weighted by Gasteiger charge is -2.22. The summed E-state index contributed by atoms with van der Waals surface area (Å²) in [5.74, 6) is 0.937. The number of nitrogens with zero attached hydrogens (tertiary/aromatic N) is 1. The molecule has 0 heterocycles. The number of rotatable bonds is 10. The van der Waals surface area contributed by atoms with Crippen LogP contribution in [-0.2, 0) is 14.8 Å². The number of amides is 1. The topological polar surface area (TPSA) is 84.9 Å². The van der Waals surface area contributed by atoms with Gasteiger partial charge in [-0.15, -0.1) is 0 Å². The third kappa shape index (κ3) is 7.65. The molecule has 158 valence electrons. The smallest absolute Gasteiger partial charge is 0.240 e. The number of anilines is 1. The molecule has 2 aromatic rings. The molecule has 0 aliphatic heterocycles. The SMILES string of the molecule is Cc1ccc(OCCNC(=O)CN(c2ccc(OC(C)C)cc2)S(C)(=O)=O)cc1. The standard InChI is InChI=1S/C21H28N2O5S/c1-16(2)28-20-11-7-18(8-12-20)23(29(4,25)26)15-21(24)22-13-14-27-19-9-5-17(3)6-10-19/h5-12,16H,13-15H2,1-4H3,(H,22,24). The number of benzene rings is 2. The Labute approximate surface area is 172 Å². The van der Waals surface area contributed by atoms with E-state index in [2.05, 4.69) is 5.32 Å². The van der Waals surface area contributed by atoms with Crippen LogP contribution < -0.4 is 19.1 Å². The van der Waals surface area contributed by atoms with Gasteiger partial charge < -0.3 is 14.8 Å². The van der Waals surface area contributed by atoms with E-state index in [1.165, 1.54) is 0 Å². The molecule has 7 nitrogen and oxygen atoms in total. The van der Waals surface area contributed by atoms with E-state index < -0.39 is 15.9 Å². The monoisotopic (exact) mass is 420 g/mol. The molecule has 8 heteroatoms. The second kappa shape index (κ2) is 10.2. The summed E-state index contributed by atoms with van der Waals surface area (Å²) in [4.78, 5) is 12.2. The van der Waals surface area contributed by atoms with Crippen LogP contribution in [0.2, 0.25) is 0 Å². The van der Waals surface area contributed by atoms with Crippen LogP contribution in [0.5, 0.6) is 11.5 Å². The minimum absolute atomic E-state index is 0.0137. The van der Waals surface area contributed by atoms with Gasteiger partial charge in [-0.2, -0.15) is 0 Å². The fourth-order valence-electron chi connectivity index (χ4n) is 2.54. The predicted molar refractivity (Wildman–Crippen MR) is 114 cm³/mol. The number of hydrogen-bond acceptors (Lipinski definition) is 5. The fraction of sp³-hybridized carbons (Fsp3) is 0.381. The maximum Gasteiger partial charge on any atom is 0.240 e. The van der Waals surface area contributed by atoms with E-state index in [0.717, 1.165) is 16.1 Å². The average molecular weight is 421 g/mol. The van der Waals surface area contributed by atoms with Crippen LogP contribution in [0.3, 0.4) is 0 Å². The van der Waals surface area contributed by atoms with E-state index >= 15 is 0 Å². The Balaban J connectivity index is 1.90. The van der Waals surface area contributed by atoms with Gasteiger partial charge in [-0.1, -0.05) is 17.7 Å². The molecule has 0 radical (unpaired) electrons. The second-order valence-corrected chi connectivity index (χ2v) is 8.85. The van der Waals surface area contributed by atoms with E-state index in [9.17, 15) is 13.2 Å². The van der Waals surface area contributed by atoms with Crippen LogP contribution >= 0.6 is 0 Å². The molecule has 0 aromatic heterocycles. The molecule has 0 unspecified atom stereocenters. The molecule has 1 N–H and O–H groups in total. The third-order valence-electron chi connectivity index (χ3n) is 3.90. The van der Waals surface area contributed by atoms with Gasteiger partial charge in [0.1, 0.15) is 24.7 Å². The Kier molecular flexibility index (Phi) is 7.90. The highest BCUT2D eigenvalue weighted by Crippen LogP contribution is 2.22. The summed E-state index contributed by atoms with van der Waals surface area (Å²) >= 11 is 0. The molecule has 0 aliphatic carbocycles. The molecule has 0 fully saturated rings. The van der Waals surface area contributed by atoms with Gasteiger partial charge >= 0.3 is 0 Å². The number of hydrogen-bond donors (Lipinski definition) is 1. The van der Waals surface area contributed by atoms with Gasteiger partial charge in [0.05, 0.1) is 24.6 Å². The molecule has 1 amide bonds. The van der Waals surface area contributed by atoms with Gasteiger partial charge in [0.25, 0.3) is 0 Å². The highest BCUT2D eigenvalue weighted by atomic mass is 32.2. The first-order chi connectivity index (χ1) is 13.6. The van der Waals surface area contributed by atoms with Crippen LogP contribution in [-0.4, -0.2) is 46.4 Å². The number of carbonyl (C=O) groups excluding carboxylic acids is 1. The lowest BCUT2D eigenvalue weighted by atomic mass is 10.2. The first-order valence-electron chi connectivity index (χ1n) is 9.36. The van der Waals surface area contributed by atoms with Gasteiger partial charge in [0.15, 0.2) is 0 Å². The first kappa shape index (κ1) is 22.5. The maximum absolute atomic E-state index is 12.2. The molecule has 2 rings (SSSR count). The van der Waals surface area contributed by atoms with Crippen molar-refractivity contribution in [2.45, 2.75) is 26.9 Å². The molecule has 0 saturated heterocycles. The van der Waals surface area contributed by atoms with Crippen molar-refractivity contribution in [1.29, 1.82) is 0 Å². The first-order valence-corrected chi connectivity index (χ1v) is 11.2. The van der Waals surface area contributed by atoms with Crippen molar-refractivity contribution in [2.75, 3.05) is 30.3 Å². The van der Waals surface area contributed by atoms with Crippen LogP contribution in [0.15, 0.2) is 48.5 Å². The van der Waals surface area contributed by atoms with Gasteiger partial charge in [-0.05, 0) is 57.2 Å². The molecular formula is C21H28N2O5S. The Hall–Kier alpha value is -2.74. The molecule has 0 bridgehead atoms. The number of sulfonamides is 1.